The monoisotopic (exact) mass is 326 g/mol. The van der Waals surface area contributed by atoms with Gasteiger partial charge in [-0.05, 0) is 23.6 Å². The first-order valence-electron chi connectivity index (χ1n) is 8.16. The van der Waals surface area contributed by atoms with Gasteiger partial charge in [0.15, 0.2) is 11.5 Å². The molecule has 0 aliphatic carbocycles. The van der Waals surface area contributed by atoms with Crippen LogP contribution in [-0.4, -0.2) is 19.2 Å². The zero-order chi connectivity index (χ0) is 16.9. The van der Waals surface area contributed by atoms with Crippen molar-refractivity contribution in [1.29, 1.82) is 0 Å². The van der Waals surface area contributed by atoms with Gasteiger partial charge in [0.25, 0.3) is 0 Å². The zero-order valence-electron chi connectivity index (χ0n) is 13.9. The van der Waals surface area contributed by atoms with Gasteiger partial charge in [0, 0.05) is 0 Å². The molecule has 5 nitrogen and oxygen atoms in total. The van der Waals surface area contributed by atoms with Crippen LogP contribution in [0.15, 0.2) is 48.5 Å². The van der Waals surface area contributed by atoms with Gasteiger partial charge in [-0.3, -0.25) is 0 Å². The Kier molecular flexibility index (Phi) is 4.89. The van der Waals surface area contributed by atoms with E-state index in [0.29, 0.717) is 30.4 Å². The number of benzene rings is 2. The topological polar surface area (TPSA) is 59.6 Å². The van der Waals surface area contributed by atoms with Crippen molar-refractivity contribution in [3.8, 4) is 11.5 Å². The van der Waals surface area contributed by atoms with Crippen LogP contribution in [-0.2, 0) is 0 Å². The summed E-state index contributed by atoms with van der Waals surface area (Å²) in [5, 5.41) is 5.91. The fraction of sp³-hybridized carbons (Fsp3) is 0.316. The van der Waals surface area contributed by atoms with Crippen molar-refractivity contribution in [2.24, 2.45) is 5.92 Å². The normalized spacial score (nSPS) is 14.1. The first kappa shape index (κ1) is 16.2. The maximum Gasteiger partial charge on any atom is 0.319 e. The smallest absolute Gasteiger partial charge is 0.319 e. The molecule has 5 heteroatoms. The van der Waals surface area contributed by atoms with E-state index in [2.05, 4.69) is 24.5 Å². The predicted molar refractivity (Wildman–Crippen MR) is 93.6 cm³/mol. The number of hydrogen-bond acceptors (Lipinski definition) is 3. The molecule has 1 aliphatic heterocycles. The van der Waals surface area contributed by atoms with Crippen molar-refractivity contribution in [1.82, 2.24) is 5.32 Å². The van der Waals surface area contributed by atoms with Crippen LogP contribution in [0.25, 0.3) is 0 Å². The molecule has 0 fully saturated rings. The Hall–Kier alpha value is -2.69. The Morgan fingerprint density at radius 2 is 1.75 bits per heavy atom. The van der Waals surface area contributed by atoms with Crippen LogP contribution in [0.1, 0.15) is 25.5 Å². The number of anilines is 1. The van der Waals surface area contributed by atoms with Gasteiger partial charge in [-0.15, -0.1) is 0 Å². The highest BCUT2D eigenvalue weighted by Crippen LogP contribution is 2.37. The molecule has 24 heavy (non-hydrogen) atoms. The number of amides is 2. The highest BCUT2D eigenvalue weighted by atomic mass is 16.6. The van der Waals surface area contributed by atoms with E-state index in [-0.39, 0.29) is 18.0 Å². The van der Waals surface area contributed by atoms with Crippen LogP contribution in [0.3, 0.4) is 0 Å². The number of carbonyl (C=O) groups is 1. The molecule has 1 atom stereocenters. The summed E-state index contributed by atoms with van der Waals surface area (Å²) >= 11 is 0. The number of fused-ring (bicyclic) bond motifs is 1. The molecule has 0 spiro atoms. The van der Waals surface area contributed by atoms with Gasteiger partial charge in [-0.1, -0.05) is 50.2 Å². The third kappa shape index (κ3) is 3.62. The molecule has 0 saturated carbocycles. The van der Waals surface area contributed by atoms with E-state index in [9.17, 15) is 4.79 Å². The van der Waals surface area contributed by atoms with Crippen molar-refractivity contribution in [2.45, 2.75) is 19.9 Å². The second-order valence-corrected chi connectivity index (χ2v) is 6.06. The predicted octanol–water partition coefficient (Wildman–Crippen LogP) is 3.98. The molecule has 126 valence electrons. The molecular formula is C19H22N2O3. The van der Waals surface area contributed by atoms with Crippen LogP contribution in [0.4, 0.5) is 10.5 Å². The molecule has 2 aromatic carbocycles. The highest BCUT2D eigenvalue weighted by molar-refractivity contribution is 5.92. The molecule has 2 amide bonds. The van der Waals surface area contributed by atoms with Crippen molar-refractivity contribution >= 4 is 11.7 Å². The van der Waals surface area contributed by atoms with E-state index >= 15 is 0 Å². The fourth-order valence-corrected chi connectivity index (χ4v) is 2.77. The summed E-state index contributed by atoms with van der Waals surface area (Å²) in [6.45, 7) is 5.16. The lowest BCUT2D eigenvalue weighted by Crippen LogP contribution is -2.35. The SMILES string of the molecule is CC(C)C(NC(=O)Nc1cccc2c1OCCO2)c1ccccc1. The van der Waals surface area contributed by atoms with Gasteiger partial charge in [0.1, 0.15) is 13.2 Å². The molecule has 1 aliphatic rings. The maximum atomic E-state index is 12.5. The summed E-state index contributed by atoms with van der Waals surface area (Å²) in [5.74, 6) is 1.50. The second kappa shape index (κ2) is 7.25. The molecule has 0 aromatic heterocycles. The van der Waals surface area contributed by atoms with Crippen LogP contribution in [0.5, 0.6) is 11.5 Å². The lowest BCUT2D eigenvalue weighted by atomic mass is 9.96. The number of urea groups is 1. The zero-order valence-corrected chi connectivity index (χ0v) is 13.9. The standard InChI is InChI=1S/C19H22N2O3/c1-13(2)17(14-7-4-3-5-8-14)21-19(22)20-15-9-6-10-16-18(15)24-12-11-23-16/h3-10,13,17H,11-12H2,1-2H3,(H2,20,21,22). The third-order valence-electron chi connectivity index (χ3n) is 3.93. The van der Waals surface area contributed by atoms with Gasteiger partial charge in [-0.2, -0.15) is 0 Å². The Morgan fingerprint density at radius 3 is 2.50 bits per heavy atom. The van der Waals surface area contributed by atoms with Crippen LogP contribution < -0.4 is 20.1 Å². The molecule has 2 aromatic rings. The Balaban J connectivity index is 1.73. The van der Waals surface area contributed by atoms with Crippen molar-refractivity contribution < 1.29 is 14.3 Å². The van der Waals surface area contributed by atoms with Gasteiger partial charge >= 0.3 is 6.03 Å². The first-order valence-corrected chi connectivity index (χ1v) is 8.16. The van der Waals surface area contributed by atoms with Gasteiger partial charge in [-0.25, -0.2) is 4.79 Å². The Morgan fingerprint density at radius 1 is 1.00 bits per heavy atom. The summed E-state index contributed by atoms with van der Waals surface area (Å²) in [6.07, 6.45) is 0. The number of carbonyl (C=O) groups excluding carboxylic acids is 1. The van der Waals surface area contributed by atoms with E-state index in [1.54, 1.807) is 6.07 Å². The van der Waals surface area contributed by atoms with Crippen LogP contribution >= 0.6 is 0 Å². The summed E-state index contributed by atoms with van der Waals surface area (Å²) in [5.41, 5.74) is 1.69. The third-order valence-corrected chi connectivity index (χ3v) is 3.93. The summed E-state index contributed by atoms with van der Waals surface area (Å²) in [7, 11) is 0. The van der Waals surface area contributed by atoms with E-state index < -0.39 is 0 Å². The van der Waals surface area contributed by atoms with Gasteiger partial charge in [0.05, 0.1) is 11.7 Å². The molecule has 1 heterocycles. The fourth-order valence-electron chi connectivity index (χ4n) is 2.77. The maximum absolute atomic E-state index is 12.5. The van der Waals surface area contributed by atoms with Crippen molar-refractivity contribution in [2.75, 3.05) is 18.5 Å². The van der Waals surface area contributed by atoms with Crippen LogP contribution in [0.2, 0.25) is 0 Å². The first-order chi connectivity index (χ1) is 11.6. The average Bonchev–Trinajstić information content (AvgIpc) is 2.60. The number of nitrogens with one attached hydrogen (secondary N) is 2. The lowest BCUT2D eigenvalue weighted by molar-refractivity contribution is 0.172. The van der Waals surface area contributed by atoms with E-state index in [0.717, 1.165) is 5.56 Å². The number of rotatable bonds is 4. The Bertz CT molecular complexity index is 701. The molecule has 3 rings (SSSR count). The molecular weight excluding hydrogens is 304 g/mol. The molecule has 0 saturated heterocycles. The minimum Gasteiger partial charge on any atom is -0.486 e. The largest absolute Gasteiger partial charge is 0.486 e. The molecule has 1 unspecified atom stereocenters. The Labute approximate surface area is 142 Å². The van der Waals surface area contributed by atoms with E-state index in [1.807, 2.05) is 42.5 Å². The molecule has 0 bridgehead atoms. The van der Waals surface area contributed by atoms with Gasteiger partial charge in [0.2, 0.25) is 0 Å². The van der Waals surface area contributed by atoms with Gasteiger partial charge < -0.3 is 20.1 Å². The number of hydrogen-bond donors (Lipinski definition) is 2. The second-order valence-electron chi connectivity index (χ2n) is 6.06. The average molecular weight is 326 g/mol. The number of ether oxygens (including phenoxy) is 2. The molecule has 0 radical (unpaired) electrons. The lowest BCUT2D eigenvalue weighted by Gasteiger charge is -2.24. The minimum absolute atomic E-state index is 0.0668. The summed E-state index contributed by atoms with van der Waals surface area (Å²) in [6, 6.07) is 15.1. The van der Waals surface area contributed by atoms with Crippen molar-refractivity contribution in [3.05, 3.63) is 54.1 Å². The highest BCUT2D eigenvalue weighted by Gasteiger charge is 2.21. The van der Waals surface area contributed by atoms with Crippen molar-refractivity contribution in [3.63, 3.8) is 0 Å². The van der Waals surface area contributed by atoms with E-state index in [1.165, 1.54) is 0 Å². The van der Waals surface area contributed by atoms with Crippen LogP contribution in [0, 0.1) is 5.92 Å². The summed E-state index contributed by atoms with van der Waals surface area (Å²) in [4.78, 5) is 12.5. The quantitative estimate of drug-likeness (QED) is 0.893. The minimum atomic E-state index is -0.264. The summed E-state index contributed by atoms with van der Waals surface area (Å²) < 4.78 is 11.2. The molecule has 2 N–H and O–H groups in total. The van der Waals surface area contributed by atoms with E-state index in [4.69, 9.17) is 9.47 Å². The number of para-hydroxylation sites is 1.